The van der Waals surface area contributed by atoms with Crippen LogP contribution in [0.25, 0.3) is 5.65 Å². The molecule has 1 aliphatic rings. The van der Waals surface area contributed by atoms with E-state index in [0.717, 1.165) is 36.9 Å². The van der Waals surface area contributed by atoms with Gasteiger partial charge in [-0.3, -0.25) is 4.98 Å². The summed E-state index contributed by atoms with van der Waals surface area (Å²) < 4.78 is 1.76. The second-order valence-corrected chi connectivity index (χ2v) is 6.16. The van der Waals surface area contributed by atoms with Gasteiger partial charge in [0.25, 0.3) is 0 Å². The molecule has 4 rings (SSSR count). The molecule has 0 amide bonds. The van der Waals surface area contributed by atoms with Crippen LogP contribution in [0.3, 0.4) is 0 Å². The Kier molecular flexibility index (Phi) is 3.57. The highest BCUT2D eigenvalue weighted by Gasteiger charge is 2.21. The molecule has 1 saturated heterocycles. The molecule has 6 nitrogen and oxygen atoms in total. The smallest absolute Gasteiger partial charge is 0.156 e. The van der Waals surface area contributed by atoms with E-state index in [0.29, 0.717) is 5.82 Å². The Morgan fingerprint density at radius 1 is 1.17 bits per heavy atom. The number of hydrogen-bond donors (Lipinski definition) is 1. The molecule has 0 spiro atoms. The van der Waals surface area contributed by atoms with Crippen molar-refractivity contribution in [1.82, 2.24) is 19.6 Å². The molecule has 0 radical (unpaired) electrons. The molecule has 3 aromatic heterocycles. The third-order valence-corrected chi connectivity index (χ3v) is 4.51. The Labute approximate surface area is 135 Å². The maximum Gasteiger partial charge on any atom is 0.156 e. The Balaban J connectivity index is 1.42. The van der Waals surface area contributed by atoms with Gasteiger partial charge in [-0.15, -0.1) is 5.10 Å². The first-order valence-corrected chi connectivity index (χ1v) is 8.04. The Hall–Kier alpha value is -2.63. The first-order valence-electron chi connectivity index (χ1n) is 8.04. The normalized spacial score (nSPS) is 16.1. The number of anilines is 2. The molecule has 4 heterocycles. The molecule has 1 aliphatic heterocycles. The van der Waals surface area contributed by atoms with Crippen LogP contribution in [0.15, 0.2) is 42.9 Å². The number of nitrogen functional groups attached to an aromatic ring is 1. The quantitative estimate of drug-likeness (QED) is 0.803. The minimum atomic E-state index is 0.504. The van der Waals surface area contributed by atoms with E-state index >= 15 is 0 Å². The largest absolute Gasteiger partial charge is 0.382 e. The average Bonchev–Trinajstić information content (AvgIpc) is 2.95. The van der Waals surface area contributed by atoms with E-state index in [1.54, 1.807) is 10.7 Å². The molecule has 0 bridgehead atoms. The SMILES string of the molecule is Nc1cn2nc(N3CCC(Cc4cccnc4)CC3)ccc2n1. The van der Waals surface area contributed by atoms with E-state index in [9.17, 15) is 0 Å². The summed E-state index contributed by atoms with van der Waals surface area (Å²) >= 11 is 0. The Bertz CT molecular complexity index is 789. The van der Waals surface area contributed by atoms with Crippen molar-refractivity contribution in [1.29, 1.82) is 0 Å². The molecule has 6 heteroatoms. The summed E-state index contributed by atoms with van der Waals surface area (Å²) in [7, 11) is 0. The van der Waals surface area contributed by atoms with Crippen LogP contribution >= 0.6 is 0 Å². The third kappa shape index (κ3) is 2.97. The number of nitrogens with zero attached hydrogens (tertiary/aromatic N) is 5. The van der Waals surface area contributed by atoms with Gasteiger partial charge < -0.3 is 10.6 Å². The lowest BCUT2D eigenvalue weighted by Crippen LogP contribution is -2.35. The predicted octanol–water partition coefficient (Wildman–Crippen LogP) is 2.17. The zero-order valence-corrected chi connectivity index (χ0v) is 13.0. The van der Waals surface area contributed by atoms with Crippen molar-refractivity contribution in [3.05, 3.63) is 48.4 Å². The zero-order valence-electron chi connectivity index (χ0n) is 13.0. The Morgan fingerprint density at radius 3 is 2.83 bits per heavy atom. The van der Waals surface area contributed by atoms with E-state index in [4.69, 9.17) is 5.73 Å². The van der Waals surface area contributed by atoms with Crippen LogP contribution in [0.5, 0.6) is 0 Å². The molecule has 3 aromatic rings. The van der Waals surface area contributed by atoms with E-state index in [-0.39, 0.29) is 0 Å². The van der Waals surface area contributed by atoms with Gasteiger partial charge in [0.05, 0.1) is 6.20 Å². The van der Waals surface area contributed by atoms with Crippen LogP contribution in [-0.4, -0.2) is 32.7 Å². The Morgan fingerprint density at radius 2 is 2.04 bits per heavy atom. The van der Waals surface area contributed by atoms with Gasteiger partial charge in [-0.05, 0) is 48.9 Å². The summed E-state index contributed by atoms with van der Waals surface area (Å²) in [4.78, 5) is 10.8. The fourth-order valence-electron chi connectivity index (χ4n) is 3.28. The molecule has 0 unspecified atom stereocenters. The molecule has 118 valence electrons. The van der Waals surface area contributed by atoms with Gasteiger partial charge >= 0.3 is 0 Å². The van der Waals surface area contributed by atoms with Crippen LogP contribution in [0.4, 0.5) is 11.6 Å². The van der Waals surface area contributed by atoms with Gasteiger partial charge in [0.2, 0.25) is 0 Å². The van der Waals surface area contributed by atoms with E-state index < -0.39 is 0 Å². The van der Waals surface area contributed by atoms with Crippen LogP contribution in [-0.2, 0) is 6.42 Å². The molecule has 0 atom stereocenters. The van der Waals surface area contributed by atoms with Crippen LogP contribution in [0.1, 0.15) is 18.4 Å². The predicted molar refractivity (Wildman–Crippen MR) is 90.3 cm³/mol. The van der Waals surface area contributed by atoms with Gasteiger partial charge in [0, 0.05) is 25.5 Å². The summed E-state index contributed by atoms with van der Waals surface area (Å²) in [6.07, 6.45) is 9.05. The van der Waals surface area contributed by atoms with Crippen LogP contribution in [0, 0.1) is 5.92 Å². The number of imidazole rings is 1. The van der Waals surface area contributed by atoms with E-state index in [1.165, 1.54) is 18.4 Å². The van der Waals surface area contributed by atoms with Crippen molar-refractivity contribution in [2.45, 2.75) is 19.3 Å². The standard InChI is InChI=1S/C17H20N6/c18-15-12-23-16(20-15)3-4-17(21-23)22-8-5-13(6-9-22)10-14-2-1-7-19-11-14/h1-4,7,11-13H,5-6,8-10,18H2. The summed E-state index contributed by atoms with van der Waals surface area (Å²) in [5.41, 5.74) is 7.84. The van der Waals surface area contributed by atoms with Gasteiger partial charge in [-0.1, -0.05) is 6.07 Å². The number of fused-ring (bicyclic) bond motifs is 1. The van der Waals surface area contributed by atoms with E-state index in [1.807, 2.05) is 30.6 Å². The molecular weight excluding hydrogens is 288 g/mol. The minimum absolute atomic E-state index is 0.504. The van der Waals surface area contributed by atoms with Gasteiger partial charge in [0.15, 0.2) is 5.65 Å². The number of hydrogen-bond acceptors (Lipinski definition) is 5. The number of pyridine rings is 1. The average molecular weight is 308 g/mol. The molecule has 1 fully saturated rings. The number of piperidine rings is 1. The summed E-state index contributed by atoms with van der Waals surface area (Å²) in [6.45, 7) is 2.07. The fraction of sp³-hybridized carbons (Fsp3) is 0.353. The molecule has 0 aliphatic carbocycles. The number of nitrogens with two attached hydrogens (primary N) is 1. The van der Waals surface area contributed by atoms with Gasteiger partial charge in [-0.2, -0.15) is 0 Å². The maximum absolute atomic E-state index is 5.72. The van der Waals surface area contributed by atoms with Crippen molar-refractivity contribution in [3.63, 3.8) is 0 Å². The van der Waals surface area contributed by atoms with Crippen molar-refractivity contribution in [3.8, 4) is 0 Å². The lowest BCUT2D eigenvalue weighted by molar-refractivity contribution is 0.401. The second-order valence-electron chi connectivity index (χ2n) is 6.16. The van der Waals surface area contributed by atoms with Crippen LogP contribution < -0.4 is 10.6 Å². The lowest BCUT2D eigenvalue weighted by Gasteiger charge is -2.32. The van der Waals surface area contributed by atoms with Crippen LogP contribution in [0.2, 0.25) is 0 Å². The van der Waals surface area contributed by atoms with Gasteiger partial charge in [-0.25, -0.2) is 9.50 Å². The highest BCUT2D eigenvalue weighted by atomic mass is 15.3. The molecule has 2 N–H and O–H groups in total. The first kappa shape index (κ1) is 14.0. The van der Waals surface area contributed by atoms with Crippen molar-refractivity contribution < 1.29 is 0 Å². The minimum Gasteiger partial charge on any atom is -0.382 e. The summed E-state index contributed by atoms with van der Waals surface area (Å²) in [6, 6.07) is 8.18. The fourth-order valence-corrected chi connectivity index (χ4v) is 3.28. The summed E-state index contributed by atoms with van der Waals surface area (Å²) in [5.74, 6) is 2.22. The molecule has 0 saturated carbocycles. The highest BCUT2D eigenvalue weighted by Crippen LogP contribution is 2.24. The molecular formula is C17H20N6. The summed E-state index contributed by atoms with van der Waals surface area (Å²) in [5, 5.41) is 4.62. The monoisotopic (exact) mass is 308 g/mol. The topological polar surface area (TPSA) is 72.3 Å². The van der Waals surface area contributed by atoms with Crippen molar-refractivity contribution in [2.24, 2.45) is 5.92 Å². The molecule has 23 heavy (non-hydrogen) atoms. The zero-order chi connectivity index (χ0) is 15.6. The van der Waals surface area contributed by atoms with Crippen molar-refractivity contribution >= 4 is 17.3 Å². The molecule has 0 aromatic carbocycles. The maximum atomic E-state index is 5.72. The second kappa shape index (κ2) is 5.87. The van der Waals surface area contributed by atoms with Gasteiger partial charge in [0.1, 0.15) is 11.6 Å². The number of aromatic nitrogens is 4. The third-order valence-electron chi connectivity index (χ3n) is 4.51. The number of rotatable bonds is 3. The van der Waals surface area contributed by atoms with E-state index in [2.05, 4.69) is 26.0 Å². The lowest BCUT2D eigenvalue weighted by atomic mass is 9.91. The highest BCUT2D eigenvalue weighted by molar-refractivity contribution is 5.50. The first-order chi connectivity index (χ1) is 11.3. The van der Waals surface area contributed by atoms with Crippen molar-refractivity contribution in [2.75, 3.05) is 23.7 Å².